The van der Waals surface area contributed by atoms with Gasteiger partial charge in [0.25, 0.3) is 0 Å². The van der Waals surface area contributed by atoms with Crippen LogP contribution >= 0.6 is 0 Å². The number of nitrogens with one attached hydrogen (secondary N) is 2. The number of ether oxygens (including phenoxy) is 1. The molecule has 0 fully saturated rings. The zero-order chi connectivity index (χ0) is 16.7. The standard InChI is InChI=1S/C16H14FN3O3/c1-23-14-7-5-13(6-8-14)19-15(21)16(22)20-18-10-11-3-2-4-12(17)9-11/h2-10H,1H3,(H,19,21)(H,20,22). The molecular formula is C16H14FN3O3. The molecule has 0 saturated carbocycles. The van der Waals surface area contributed by atoms with E-state index in [0.29, 0.717) is 17.0 Å². The predicted molar refractivity (Wildman–Crippen MR) is 83.8 cm³/mol. The highest BCUT2D eigenvalue weighted by Gasteiger charge is 2.12. The molecule has 0 aliphatic rings. The number of amides is 2. The van der Waals surface area contributed by atoms with Gasteiger partial charge in [0.1, 0.15) is 11.6 Å². The molecule has 2 N–H and O–H groups in total. The average Bonchev–Trinajstić information content (AvgIpc) is 2.55. The van der Waals surface area contributed by atoms with Gasteiger partial charge < -0.3 is 10.1 Å². The zero-order valence-electron chi connectivity index (χ0n) is 12.2. The van der Waals surface area contributed by atoms with Gasteiger partial charge in [-0.1, -0.05) is 12.1 Å². The number of nitrogens with zero attached hydrogens (tertiary/aromatic N) is 1. The summed E-state index contributed by atoms with van der Waals surface area (Å²) < 4.78 is 17.9. The molecule has 23 heavy (non-hydrogen) atoms. The molecular weight excluding hydrogens is 301 g/mol. The van der Waals surface area contributed by atoms with E-state index in [2.05, 4.69) is 15.8 Å². The lowest BCUT2D eigenvalue weighted by Crippen LogP contribution is -2.32. The first-order valence-electron chi connectivity index (χ1n) is 6.62. The Morgan fingerprint density at radius 3 is 2.52 bits per heavy atom. The second-order valence-corrected chi connectivity index (χ2v) is 4.44. The average molecular weight is 315 g/mol. The van der Waals surface area contributed by atoms with Gasteiger partial charge in [-0.05, 0) is 42.0 Å². The number of hydrogen-bond acceptors (Lipinski definition) is 4. The SMILES string of the molecule is COc1ccc(NC(=O)C(=O)NN=Cc2cccc(F)c2)cc1. The minimum Gasteiger partial charge on any atom is -0.497 e. The summed E-state index contributed by atoms with van der Waals surface area (Å²) in [5, 5.41) is 6.01. The molecule has 7 heteroatoms. The number of carbonyl (C=O) groups excluding carboxylic acids is 2. The number of benzene rings is 2. The Bertz CT molecular complexity index is 730. The van der Waals surface area contributed by atoms with Gasteiger partial charge in [-0.2, -0.15) is 5.10 Å². The third-order valence-electron chi connectivity index (χ3n) is 2.78. The fourth-order valence-electron chi connectivity index (χ4n) is 1.67. The summed E-state index contributed by atoms with van der Waals surface area (Å²) in [6.07, 6.45) is 1.24. The predicted octanol–water partition coefficient (Wildman–Crippen LogP) is 1.92. The van der Waals surface area contributed by atoms with Crippen LogP contribution in [-0.2, 0) is 9.59 Å². The molecule has 2 aromatic carbocycles. The third-order valence-corrected chi connectivity index (χ3v) is 2.78. The molecule has 0 bridgehead atoms. The van der Waals surface area contributed by atoms with Crippen LogP contribution in [-0.4, -0.2) is 25.1 Å². The smallest absolute Gasteiger partial charge is 0.329 e. The van der Waals surface area contributed by atoms with E-state index in [1.54, 1.807) is 30.3 Å². The van der Waals surface area contributed by atoms with Crippen molar-refractivity contribution in [3.63, 3.8) is 0 Å². The molecule has 0 unspecified atom stereocenters. The summed E-state index contributed by atoms with van der Waals surface area (Å²) in [6, 6.07) is 12.1. The van der Waals surface area contributed by atoms with Crippen LogP contribution in [0.1, 0.15) is 5.56 Å². The van der Waals surface area contributed by atoms with Crippen molar-refractivity contribution in [3.05, 3.63) is 59.9 Å². The molecule has 2 amide bonds. The molecule has 2 aromatic rings. The van der Waals surface area contributed by atoms with Crippen LogP contribution in [0.15, 0.2) is 53.6 Å². The Kier molecular flexibility index (Phi) is 5.40. The van der Waals surface area contributed by atoms with E-state index < -0.39 is 17.6 Å². The molecule has 6 nitrogen and oxygen atoms in total. The lowest BCUT2D eigenvalue weighted by atomic mass is 10.2. The zero-order valence-corrected chi connectivity index (χ0v) is 12.2. The van der Waals surface area contributed by atoms with Crippen molar-refractivity contribution < 1.29 is 18.7 Å². The first kappa shape index (κ1) is 16.2. The second-order valence-electron chi connectivity index (χ2n) is 4.44. The van der Waals surface area contributed by atoms with Crippen molar-refractivity contribution in [1.29, 1.82) is 0 Å². The maximum atomic E-state index is 13.0. The van der Waals surface area contributed by atoms with Crippen molar-refractivity contribution in [2.75, 3.05) is 12.4 Å². The van der Waals surface area contributed by atoms with E-state index in [0.717, 1.165) is 0 Å². The summed E-state index contributed by atoms with van der Waals surface area (Å²) in [6.45, 7) is 0. The van der Waals surface area contributed by atoms with Crippen molar-refractivity contribution >= 4 is 23.7 Å². The van der Waals surface area contributed by atoms with Gasteiger partial charge in [-0.3, -0.25) is 9.59 Å². The minimum absolute atomic E-state index is 0.419. The van der Waals surface area contributed by atoms with Gasteiger partial charge in [0, 0.05) is 5.69 Å². The number of hydrazone groups is 1. The summed E-state index contributed by atoms with van der Waals surface area (Å²) in [7, 11) is 1.53. The number of halogens is 1. The lowest BCUT2D eigenvalue weighted by molar-refractivity contribution is -0.136. The molecule has 0 aliphatic carbocycles. The van der Waals surface area contributed by atoms with Crippen molar-refractivity contribution in [2.24, 2.45) is 5.10 Å². The molecule has 0 radical (unpaired) electrons. The highest BCUT2D eigenvalue weighted by Crippen LogP contribution is 2.14. The molecule has 0 spiro atoms. The van der Waals surface area contributed by atoms with E-state index in [1.165, 1.54) is 31.5 Å². The van der Waals surface area contributed by atoms with Crippen molar-refractivity contribution in [2.45, 2.75) is 0 Å². The van der Waals surface area contributed by atoms with E-state index in [4.69, 9.17) is 4.74 Å². The van der Waals surface area contributed by atoms with Crippen LogP contribution in [0.2, 0.25) is 0 Å². The Hall–Kier alpha value is -3.22. The van der Waals surface area contributed by atoms with Gasteiger partial charge in [-0.15, -0.1) is 0 Å². The normalized spacial score (nSPS) is 10.3. The van der Waals surface area contributed by atoms with E-state index in [9.17, 15) is 14.0 Å². The second kappa shape index (κ2) is 7.69. The lowest BCUT2D eigenvalue weighted by Gasteiger charge is -2.05. The van der Waals surface area contributed by atoms with Crippen LogP contribution in [0.3, 0.4) is 0 Å². The van der Waals surface area contributed by atoms with E-state index in [-0.39, 0.29) is 0 Å². The van der Waals surface area contributed by atoms with Gasteiger partial charge in [-0.25, -0.2) is 9.82 Å². The molecule has 2 rings (SSSR count). The topological polar surface area (TPSA) is 79.8 Å². The van der Waals surface area contributed by atoms with Gasteiger partial charge in [0.05, 0.1) is 13.3 Å². The quantitative estimate of drug-likeness (QED) is 0.514. The largest absolute Gasteiger partial charge is 0.497 e. The Labute approximate surface area is 132 Å². The summed E-state index contributed by atoms with van der Waals surface area (Å²) in [4.78, 5) is 23.3. The highest BCUT2D eigenvalue weighted by atomic mass is 19.1. The molecule has 0 saturated heterocycles. The molecule has 0 aromatic heterocycles. The van der Waals surface area contributed by atoms with Gasteiger partial charge in [0.2, 0.25) is 0 Å². The maximum absolute atomic E-state index is 13.0. The van der Waals surface area contributed by atoms with Crippen LogP contribution < -0.4 is 15.5 Å². The molecule has 0 heterocycles. The first-order chi connectivity index (χ1) is 11.1. The summed E-state index contributed by atoms with van der Waals surface area (Å²) >= 11 is 0. The fraction of sp³-hybridized carbons (Fsp3) is 0.0625. The summed E-state index contributed by atoms with van der Waals surface area (Å²) in [5.41, 5.74) is 2.97. The monoisotopic (exact) mass is 315 g/mol. The van der Waals surface area contributed by atoms with Gasteiger partial charge >= 0.3 is 11.8 Å². The first-order valence-corrected chi connectivity index (χ1v) is 6.62. The highest BCUT2D eigenvalue weighted by molar-refractivity contribution is 6.39. The fourth-order valence-corrected chi connectivity index (χ4v) is 1.67. The Balaban J connectivity index is 1.88. The molecule has 118 valence electrons. The maximum Gasteiger partial charge on any atom is 0.329 e. The van der Waals surface area contributed by atoms with Crippen molar-refractivity contribution in [3.8, 4) is 5.75 Å². The minimum atomic E-state index is -0.937. The Morgan fingerprint density at radius 2 is 1.87 bits per heavy atom. The van der Waals surface area contributed by atoms with Crippen LogP contribution in [0, 0.1) is 5.82 Å². The van der Waals surface area contributed by atoms with Crippen LogP contribution in [0.5, 0.6) is 5.75 Å². The van der Waals surface area contributed by atoms with Crippen LogP contribution in [0.25, 0.3) is 0 Å². The number of anilines is 1. The number of hydrogen-bond donors (Lipinski definition) is 2. The van der Waals surface area contributed by atoms with Crippen LogP contribution in [0.4, 0.5) is 10.1 Å². The van der Waals surface area contributed by atoms with Gasteiger partial charge in [0.15, 0.2) is 0 Å². The third kappa shape index (κ3) is 4.92. The number of carbonyl (C=O) groups is 2. The Morgan fingerprint density at radius 1 is 1.13 bits per heavy atom. The number of methoxy groups -OCH3 is 1. The molecule has 0 atom stereocenters. The van der Waals surface area contributed by atoms with E-state index in [1.807, 2.05) is 0 Å². The van der Waals surface area contributed by atoms with Crippen molar-refractivity contribution in [1.82, 2.24) is 5.43 Å². The molecule has 0 aliphatic heterocycles. The number of rotatable bonds is 4. The van der Waals surface area contributed by atoms with E-state index >= 15 is 0 Å². The summed E-state index contributed by atoms with van der Waals surface area (Å²) in [5.74, 6) is -1.59.